The Hall–Kier alpha value is -0.400. The van der Waals surface area contributed by atoms with E-state index in [4.69, 9.17) is 4.55 Å². The van der Waals surface area contributed by atoms with Crippen LogP contribution in [-0.2, 0) is 14.9 Å². The Morgan fingerprint density at radius 3 is 2.47 bits per heavy atom. The van der Waals surface area contributed by atoms with Gasteiger partial charge >= 0.3 is 35.5 Å². The van der Waals surface area contributed by atoms with Crippen LogP contribution in [0.3, 0.4) is 0 Å². The summed E-state index contributed by atoms with van der Waals surface area (Å²) in [4.78, 5) is 10.7. The Labute approximate surface area is 109 Å². The van der Waals surface area contributed by atoms with Crippen LogP contribution in [0, 0.1) is 0 Å². The van der Waals surface area contributed by atoms with Crippen molar-refractivity contribution in [1.82, 2.24) is 0 Å². The van der Waals surface area contributed by atoms with E-state index in [2.05, 4.69) is 4.74 Å². The average molecular weight is 240 g/mol. The van der Waals surface area contributed by atoms with Crippen LogP contribution >= 0.6 is 0 Å². The van der Waals surface area contributed by atoms with E-state index in [-0.39, 0.29) is 40.0 Å². The van der Waals surface area contributed by atoms with Crippen LogP contribution in [0.4, 0.5) is 0 Å². The van der Waals surface area contributed by atoms with Gasteiger partial charge in [0, 0.05) is 0 Å². The van der Waals surface area contributed by atoms with Crippen LogP contribution in [0.1, 0.15) is 10.4 Å². The monoisotopic (exact) mass is 240 g/mol. The van der Waals surface area contributed by atoms with E-state index in [1.165, 1.54) is 25.3 Å². The summed E-state index contributed by atoms with van der Waals surface area (Å²) < 4.78 is 34.5. The molecule has 0 bridgehead atoms. The van der Waals surface area contributed by atoms with Crippen LogP contribution in [-0.4, -0.2) is 55.6 Å². The van der Waals surface area contributed by atoms with E-state index in [9.17, 15) is 13.2 Å². The molecule has 0 saturated heterocycles. The molecule has 5 nitrogen and oxygen atoms in total. The van der Waals surface area contributed by atoms with Gasteiger partial charge in [0.1, 0.15) is 0 Å². The molecule has 0 aliphatic heterocycles. The van der Waals surface area contributed by atoms with E-state index < -0.39 is 16.1 Å². The Morgan fingerprint density at radius 2 is 2.00 bits per heavy atom. The second-order valence-electron chi connectivity index (χ2n) is 2.49. The molecular weight excluding hydrogens is 231 g/mol. The number of ether oxygens (including phenoxy) is 1. The number of esters is 1. The predicted octanol–water partition coefficient (Wildman–Crippen LogP) is 0.0714. The number of hydrogen-bond acceptors (Lipinski definition) is 4. The van der Waals surface area contributed by atoms with E-state index in [0.29, 0.717) is 0 Å². The zero-order chi connectivity index (χ0) is 10.8. The second-order valence-corrected chi connectivity index (χ2v) is 3.92. The quantitative estimate of drug-likeness (QED) is 0.449. The van der Waals surface area contributed by atoms with Gasteiger partial charge in [-0.2, -0.15) is 8.42 Å². The summed E-state index contributed by atoms with van der Waals surface area (Å²) in [7, 11) is -3.09. The Bertz CT molecular complexity index is 454. The summed E-state index contributed by atoms with van der Waals surface area (Å²) in [6.07, 6.45) is 0. The molecule has 78 valence electrons. The van der Waals surface area contributed by atoms with Crippen LogP contribution < -0.4 is 0 Å². The summed E-state index contributed by atoms with van der Waals surface area (Å²) in [5.74, 6) is -0.657. The van der Waals surface area contributed by atoms with Crippen molar-refractivity contribution in [3.8, 4) is 0 Å². The summed E-state index contributed by atoms with van der Waals surface area (Å²) in [5, 5.41) is 0. The maximum atomic E-state index is 11.0. The van der Waals surface area contributed by atoms with E-state index >= 15 is 0 Å². The number of hydrogen-bond donors (Lipinski definition) is 1. The number of carbonyl (C=O) groups excluding carboxylic acids is 1. The molecule has 1 aromatic rings. The van der Waals surface area contributed by atoms with Crippen LogP contribution in [0.25, 0.3) is 0 Å². The fourth-order valence-electron chi connectivity index (χ4n) is 0.901. The van der Waals surface area contributed by atoms with Gasteiger partial charge in [-0.15, -0.1) is 0 Å². The van der Waals surface area contributed by atoms with Crippen LogP contribution in [0.15, 0.2) is 29.2 Å². The molecule has 0 spiro atoms. The molecule has 1 N–H and O–H groups in total. The van der Waals surface area contributed by atoms with E-state index in [1.807, 2.05) is 0 Å². The normalized spacial score (nSPS) is 10.3. The Balaban J connectivity index is 0.00000196. The maximum absolute atomic E-state index is 11.0. The number of carbonyl (C=O) groups is 1. The Kier molecular flexibility index (Phi) is 5.47. The first kappa shape index (κ1) is 14.6. The van der Waals surface area contributed by atoms with Gasteiger partial charge in [-0.25, -0.2) is 4.79 Å². The topological polar surface area (TPSA) is 80.7 Å². The number of benzene rings is 1. The first-order chi connectivity index (χ1) is 6.45. The van der Waals surface area contributed by atoms with Crippen molar-refractivity contribution in [1.29, 1.82) is 0 Å². The van der Waals surface area contributed by atoms with E-state index in [1.54, 1.807) is 0 Å². The first-order valence-electron chi connectivity index (χ1n) is 3.61. The molecule has 0 fully saturated rings. The molecule has 0 amide bonds. The molecule has 7 heteroatoms. The zero-order valence-electron chi connectivity index (χ0n) is 7.30. The van der Waals surface area contributed by atoms with Crippen molar-refractivity contribution in [3.63, 3.8) is 0 Å². The number of methoxy groups -OCH3 is 1. The van der Waals surface area contributed by atoms with Gasteiger partial charge in [-0.1, -0.05) is 6.07 Å². The van der Waals surface area contributed by atoms with Crippen molar-refractivity contribution in [2.45, 2.75) is 4.90 Å². The van der Waals surface area contributed by atoms with Crippen molar-refractivity contribution >= 4 is 45.6 Å². The summed E-state index contributed by atoms with van der Waals surface area (Å²) in [5.41, 5.74) is 0.0719. The minimum absolute atomic E-state index is 0. The van der Waals surface area contributed by atoms with Gasteiger partial charge < -0.3 is 4.74 Å². The van der Waals surface area contributed by atoms with Crippen molar-refractivity contribution < 1.29 is 22.5 Å². The fourth-order valence-corrected chi connectivity index (χ4v) is 1.43. The van der Waals surface area contributed by atoms with Crippen LogP contribution in [0.2, 0.25) is 0 Å². The van der Waals surface area contributed by atoms with Gasteiger partial charge in [0.05, 0.1) is 17.6 Å². The molecule has 0 aliphatic carbocycles. The number of rotatable bonds is 2. The van der Waals surface area contributed by atoms with Crippen molar-refractivity contribution in [2.24, 2.45) is 0 Å². The van der Waals surface area contributed by atoms with Gasteiger partial charge in [0.25, 0.3) is 10.1 Å². The summed E-state index contributed by atoms with van der Waals surface area (Å²) >= 11 is 0. The third kappa shape index (κ3) is 3.92. The molecule has 0 atom stereocenters. The first-order valence-corrected chi connectivity index (χ1v) is 5.05. The predicted molar refractivity (Wildman–Crippen MR) is 54.7 cm³/mol. The molecule has 0 aromatic heterocycles. The van der Waals surface area contributed by atoms with Crippen molar-refractivity contribution in [3.05, 3.63) is 29.8 Å². The zero-order valence-corrected chi connectivity index (χ0v) is 8.11. The molecule has 0 unspecified atom stereocenters. The third-order valence-corrected chi connectivity index (χ3v) is 2.40. The molecule has 1 rings (SSSR count). The fraction of sp³-hybridized carbons (Fsp3) is 0.125. The molecular formula is C8H9NaO5S. The van der Waals surface area contributed by atoms with Gasteiger partial charge in [-0.05, 0) is 18.2 Å². The van der Waals surface area contributed by atoms with E-state index in [0.717, 1.165) is 6.07 Å². The molecule has 0 aliphatic rings. The second kappa shape index (κ2) is 5.62. The molecule has 1 aromatic carbocycles. The standard InChI is InChI=1S/C8H8O5S.Na.H/c1-13-8(9)6-3-2-4-7(5-6)14(10,11)12;;/h2-5H,1H3,(H,10,11,12);;. The summed E-state index contributed by atoms with van der Waals surface area (Å²) in [6.45, 7) is 0. The van der Waals surface area contributed by atoms with Crippen LogP contribution in [0.5, 0.6) is 0 Å². The molecule has 0 saturated carbocycles. The van der Waals surface area contributed by atoms with Gasteiger partial charge in [-0.3, -0.25) is 4.55 Å². The van der Waals surface area contributed by atoms with Crippen molar-refractivity contribution in [2.75, 3.05) is 7.11 Å². The van der Waals surface area contributed by atoms with Gasteiger partial charge in [0.15, 0.2) is 0 Å². The third-order valence-electron chi connectivity index (χ3n) is 1.55. The Morgan fingerprint density at radius 1 is 1.40 bits per heavy atom. The minimum atomic E-state index is -4.27. The van der Waals surface area contributed by atoms with Gasteiger partial charge in [0.2, 0.25) is 0 Å². The molecule has 15 heavy (non-hydrogen) atoms. The average Bonchev–Trinajstić information content (AvgIpc) is 2.15. The SMILES string of the molecule is COC(=O)c1cccc(S(=O)(=O)O)c1.[NaH]. The summed E-state index contributed by atoms with van der Waals surface area (Å²) in [6, 6.07) is 4.96. The molecule has 0 radical (unpaired) electrons. The molecule has 0 heterocycles.